The Morgan fingerprint density at radius 2 is 1.45 bits per heavy atom. The normalized spacial score (nSPS) is 13.7. The summed E-state index contributed by atoms with van der Waals surface area (Å²) in [5.74, 6) is -4.54. The van der Waals surface area contributed by atoms with Crippen LogP contribution in [0, 0.1) is 0 Å². The van der Waals surface area contributed by atoms with Crippen LogP contribution in [0.15, 0.2) is 35.3 Å². The molecule has 0 radical (unpaired) electrons. The second kappa shape index (κ2) is 16.8. The molecule has 0 spiro atoms. The number of carboxylic acids is 1. The zero-order valence-corrected chi connectivity index (χ0v) is 21.7. The van der Waals surface area contributed by atoms with Gasteiger partial charge in [-0.1, -0.05) is 30.3 Å². The number of hydrogen-bond acceptors (Lipinski definition) is 8. The van der Waals surface area contributed by atoms with E-state index in [0.717, 1.165) is 5.56 Å². The second-order valence-electron chi connectivity index (χ2n) is 8.45. The monoisotopic (exact) mass is 552 g/mol. The summed E-state index contributed by atoms with van der Waals surface area (Å²) in [5, 5.41) is 16.7. The van der Waals surface area contributed by atoms with Gasteiger partial charge in [0.15, 0.2) is 5.96 Å². The number of primary amides is 1. The summed E-state index contributed by atoms with van der Waals surface area (Å²) >= 11 is 4.10. The predicted octanol–water partition coefficient (Wildman–Crippen LogP) is -2.66. The van der Waals surface area contributed by atoms with Gasteiger partial charge in [-0.3, -0.25) is 24.2 Å². The molecular formula is C23H36N8O6S. The van der Waals surface area contributed by atoms with Gasteiger partial charge in [-0.25, -0.2) is 4.79 Å². The largest absolute Gasteiger partial charge is 0.480 e. The molecule has 15 heteroatoms. The molecule has 1 rings (SSSR count). The van der Waals surface area contributed by atoms with Crippen LogP contribution in [0.5, 0.6) is 0 Å². The van der Waals surface area contributed by atoms with Crippen LogP contribution in [-0.4, -0.2) is 77.1 Å². The number of nitrogens with one attached hydrogen (secondary N) is 3. The highest BCUT2D eigenvalue weighted by molar-refractivity contribution is 7.80. The molecule has 0 aliphatic rings. The molecule has 38 heavy (non-hydrogen) atoms. The van der Waals surface area contributed by atoms with Crippen molar-refractivity contribution in [2.75, 3.05) is 12.3 Å². The summed E-state index contributed by atoms with van der Waals surface area (Å²) < 4.78 is 0. The highest BCUT2D eigenvalue weighted by Gasteiger charge is 2.30. The second-order valence-corrected chi connectivity index (χ2v) is 8.82. The number of hydrogen-bond donors (Lipinski definition) is 9. The number of nitrogens with two attached hydrogens (primary N) is 4. The Balaban J connectivity index is 2.85. The molecule has 0 aliphatic carbocycles. The van der Waals surface area contributed by atoms with Crippen LogP contribution in [0.1, 0.15) is 31.2 Å². The molecule has 4 unspecified atom stereocenters. The zero-order chi connectivity index (χ0) is 28.7. The molecule has 4 atom stereocenters. The van der Waals surface area contributed by atoms with Gasteiger partial charge >= 0.3 is 5.97 Å². The van der Waals surface area contributed by atoms with Crippen molar-refractivity contribution in [3.8, 4) is 0 Å². The average Bonchev–Trinajstić information content (AvgIpc) is 2.86. The number of thiol groups is 1. The lowest BCUT2D eigenvalue weighted by molar-refractivity contribution is -0.142. The van der Waals surface area contributed by atoms with Crippen molar-refractivity contribution >= 4 is 48.2 Å². The van der Waals surface area contributed by atoms with Crippen molar-refractivity contribution in [2.24, 2.45) is 27.9 Å². The lowest BCUT2D eigenvalue weighted by Gasteiger charge is -2.24. The maximum atomic E-state index is 12.9. The molecule has 4 amide bonds. The number of guanidine groups is 1. The lowest BCUT2D eigenvalue weighted by Crippen LogP contribution is -2.57. The number of benzene rings is 1. The van der Waals surface area contributed by atoms with Crippen LogP contribution < -0.4 is 38.9 Å². The van der Waals surface area contributed by atoms with E-state index in [1.54, 1.807) is 12.1 Å². The Morgan fingerprint density at radius 1 is 0.868 bits per heavy atom. The van der Waals surface area contributed by atoms with Gasteiger partial charge in [0.2, 0.25) is 23.6 Å². The number of carbonyl (C=O) groups excluding carboxylic acids is 4. The fourth-order valence-corrected chi connectivity index (χ4v) is 3.55. The van der Waals surface area contributed by atoms with Gasteiger partial charge in [0.25, 0.3) is 0 Å². The maximum absolute atomic E-state index is 12.9. The van der Waals surface area contributed by atoms with E-state index < -0.39 is 53.8 Å². The van der Waals surface area contributed by atoms with Crippen molar-refractivity contribution in [1.29, 1.82) is 0 Å². The highest BCUT2D eigenvalue weighted by Crippen LogP contribution is 2.05. The number of amides is 4. The topological polar surface area (TPSA) is 258 Å². The molecule has 0 aliphatic heterocycles. The number of rotatable bonds is 17. The van der Waals surface area contributed by atoms with E-state index >= 15 is 0 Å². The predicted molar refractivity (Wildman–Crippen MR) is 144 cm³/mol. The molecule has 1 aromatic rings. The Labute approximate surface area is 225 Å². The number of aliphatic carboxylic acids is 1. The Bertz CT molecular complexity index is 989. The van der Waals surface area contributed by atoms with Crippen LogP contribution in [-0.2, 0) is 30.4 Å². The first-order valence-corrected chi connectivity index (χ1v) is 12.5. The lowest BCUT2D eigenvalue weighted by atomic mass is 10.1. The van der Waals surface area contributed by atoms with E-state index in [9.17, 15) is 29.1 Å². The average molecular weight is 553 g/mol. The van der Waals surface area contributed by atoms with E-state index in [1.807, 2.05) is 18.2 Å². The molecule has 0 fully saturated rings. The molecule has 14 nitrogen and oxygen atoms in total. The quantitative estimate of drug-likeness (QED) is 0.0422. The highest BCUT2D eigenvalue weighted by atomic mass is 32.1. The van der Waals surface area contributed by atoms with Gasteiger partial charge in [-0.05, 0) is 31.2 Å². The summed E-state index contributed by atoms with van der Waals surface area (Å²) in [7, 11) is 0. The fourth-order valence-electron chi connectivity index (χ4n) is 3.29. The molecule has 1 aromatic carbocycles. The fraction of sp³-hybridized carbons (Fsp3) is 0.478. The standard InChI is InChI=1S/C23H36N8O6S/c24-14(11-13-5-2-1-3-6-13)19(33)31-17(12-38)21(35)29-15(8-9-18(25)32)20(34)30-16(22(36)37)7-4-10-28-23(26)27/h1-3,5-6,14-17,38H,4,7-12,24H2,(H2,25,32)(H,29,35)(H,30,34)(H,31,33)(H,36,37)(H4,26,27,28). The maximum Gasteiger partial charge on any atom is 0.326 e. The first-order valence-electron chi connectivity index (χ1n) is 11.8. The van der Waals surface area contributed by atoms with Crippen molar-refractivity contribution in [1.82, 2.24) is 16.0 Å². The summed E-state index contributed by atoms with van der Waals surface area (Å²) in [6.45, 7) is 0.152. The third-order valence-corrected chi connectivity index (χ3v) is 5.69. The smallest absolute Gasteiger partial charge is 0.326 e. The first-order chi connectivity index (χ1) is 17.9. The van der Waals surface area contributed by atoms with Crippen molar-refractivity contribution in [3.63, 3.8) is 0 Å². The molecule has 0 aromatic heterocycles. The zero-order valence-electron chi connectivity index (χ0n) is 20.8. The van der Waals surface area contributed by atoms with E-state index in [2.05, 4.69) is 33.6 Å². The first kappa shape index (κ1) is 32.2. The summed E-state index contributed by atoms with van der Waals surface area (Å²) in [4.78, 5) is 65.0. The van der Waals surface area contributed by atoms with Crippen molar-refractivity contribution in [3.05, 3.63) is 35.9 Å². The molecule has 0 bridgehead atoms. The summed E-state index contributed by atoms with van der Waals surface area (Å²) in [6.07, 6.45) is 0.0266. The Hall–Kier alpha value is -3.85. The van der Waals surface area contributed by atoms with E-state index in [4.69, 9.17) is 22.9 Å². The van der Waals surface area contributed by atoms with Crippen molar-refractivity contribution in [2.45, 2.75) is 56.3 Å². The molecular weight excluding hydrogens is 516 g/mol. The number of nitrogens with zero attached hydrogens (tertiary/aromatic N) is 1. The van der Waals surface area contributed by atoms with Crippen LogP contribution in [0.3, 0.4) is 0 Å². The molecule has 0 heterocycles. The third kappa shape index (κ3) is 12.4. The van der Waals surface area contributed by atoms with E-state index in [-0.39, 0.29) is 50.4 Å². The molecule has 12 N–H and O–H groups in total. The van der Waals surface area contributed by atoms with Gasteiger partial charge in [-0.15, -0.1) is 0 Å². The number of carbonyl (C=O) groups is 5. The summed E-state index contributed by atoms with van der Waals surface area (Å²) in [5.41, 5.74) is 22.5. The van der Waals surface area contributed by atoms with E-state index in [0.29, 0.717) is 0 Å². The van der Waals surface area contributed by atoms with Gasteiger partial charge in [0, 0.05) is 18.7 Å². The van der Waals surface area contributed by atoms with Crippen LogP contribution in [0.2, 0.25) is 0 Å². The molecule has 0 saturated heterocycles. The molecule has 210 valence electrons. The number of aliphatic imine (C=N–C) groups is 1. The minimum atomic E-state index is -1.31. The SMILES string of the molecule is NC(=O)CCC(NC(=O)C(CS)NC(=O)C(N)Cc1ccccc1)C(=O)NC(CCCN=C(N)N)C(=O)O. The van der Waals surface area contributed by atoms with Crippen molar-refractivity contribution < 1.29 is 29.1 Å². The van der Waals surface area contributed by atoms with Crippen LogP contribution in [0.4, 0.5) is 0 Å². The third-order valence-electron chi connectivity index (χ3n) is 5.32. The van der Waals surface area contributed by atoms with Gasteiger partial charge in [-0.2, -0.15) is 12.6 Å². The Kier molecular flexibility index (Phi) is 14.2. The summed E-state index contributed by atoms with van der Waals surface area (Å²) in [6, 6.07) is 4.33. The molecule has 0 saturated carbocycles. The minimum Gasteiger partial charge on any atom is -0.480 e. The van der Waals surface area contributed by atoms with Gasteiger partial charge in [0.1, 0.15) is 18.1 Å². The Morgan fingerprint density at radius 3 is 2.00 bits per heavy atom. The van der Waals surface area contributed by atoms with Gasteiger partial charge < -0.3 is 44.0 Å². The van der Waals surface area contributed by atoms with Gasteiger partial charge in [0.05, 0.1) is 6.04 Å². The van der Waals surface area contributed by atoms with E-state index in [1.165, 1.54) is 0 Å². The van der Waals surface area contributed by atoms with Crippen LogP contribution >= 0.6 is 12.6 Å². The number of carboxylic acid groups (broad SMARTS) is 1. The minimum absolute atomic E-state index is 0.00294. The van der Waals surface area contributed by atoms with Crippen LogP contribution in [0.25, 0.3) is 0 Å².